The van der Waals surface area contributed by atoms with Crippen LogP contribution in [0, 0.1) is 0 Å². The van der Waals surface area contributed by atoms with E-state index in [1.807, 2.05) is 0 Å². The summed E-state index contributed by atoms with van der Waals surface area (Å²) in [5.41, 5.74) is 0. The molecule has 0 spiro atoms. The zero-order chi connectivity index (χ0) is 46.4. The highest BCUT2D eigenvalue weighted by atomic mass is 16.7. The maximum Gasteiger partial charge on any atom is 0.306 e. The van der Waals surface area contributed by atoms with E-state index >= 15 is 0 Å². The molecule has 6 atom stereocenters. The second kappa shape index (κ2) is 45.0. The van der Waals surface area contributed by atoms with Gasteiger partial charge in [0, 0.05) is 13.0 Å². The van der Waals surface area contributed by atoms with Gasteiger partial charge in [-0.1, -0.05) is 168 Å². The number of hydrogen-bond acceptors (Lipinski definition) is 9. The Bertz CT molecular complexity index is 1340. The molecule has 0 bridgehead atoms. The normalized spacial score (nSPS) is 20.5. The summed E-state index contributed by atoms with van der Waals surface area (Å²) >= 11 is 0. The average Bonchev–Trinajstić information content (AvgIpc) is 3.30. The number of unbranched alkanes of at least 4 members (excludes halogenated alkanes) is 12. The van der Waals surface area contributed by atoms with Crippen molar-refractivity contribution in [1.82, 2.24) is 0 Å². The topological polar surface area (TPSA) is 135 Å². The first-order valence-electron chi connectivity index (χ1n) is 25.0. The number of hydrogen-bond donors (Lipinski definition) is 4. The van der Waals surface area contributed by atoms with Crippen LogP contribution in [0.2, 0.25) is 0 Å². The Kier molecular flexibility index (Phi) is 41.4. The number of aliphatic hydroxyl groups excluding tert-OH is 4. The van der Waals surface area contributed by atoms with Gasteiger partial charge in [-0.3, -0.25) is 4.79 Å². The Morgan fingerprint density at radius 1 is 0.516 bits per heavy atom. The van der Waals surface area contributed by atoms with Crippen LogP contribution in [-0.2, 0) is 23.7 Å². The van der Waals surface area contributed by atoms with E-state index in [-0.39, 0.29) is 25.6 Å². The summed E-state index contributed by atoms with van der Waals surface area (Å²) in [6.45, 7) is 4.31. The van der Waals surface area contributed by atoms with Crippen molar-refractivity contribution in [1.29, 1.82) is 0 Å². The minimum absolute atomic E-state index is 0.114. The molecule has 1 rings (SSSR count). The van der Waals surface area contributed by atoms with Crippen LogP contribution < -0.4 is 0 Å². The molecular formula is C55H90O9. The maximum absolute atomic E-state index is 12.8. The fraction of sp³-hybridized carbons (Fsp3) is 0.655. The number of allylic oxidation sites excluding steroid dienone is 18. The number of esters is 1. The molecule has 0 aliphatic carbocycles. The monoisotopic (exact) mass is 895 g/mol. The third-order valence-electron chi connectivity index (χ3n) is 10.7. The Morgan fingerprint density at radius 3 is 1.44 bits per heavy atom. The lowest BCUT2D eigenvalue weighted by atomic mass is 9.99. The molecule has 1 aliphatic heterocycles. The van der Waals surface area contributed by atoms with Gasteiger partial charge in [0.1, 0.15) is 30.5 Å². The molecule has 6 unspecified atom stereocenters. The van der Waals surface area contributed by atoms with E-state index in [2.05, 4.69) is 123 Å². The Balaban J connectivity index is 2.26. The molecule has 9 heteroatoms. The SMILES string of the molecule is CC/C=C\C/C=C\C/C=C\C/C=C\C/C=C\C/C=C\C/C=C\CCCCCCOCC(COC1OC(CO)C(O)C(O)C1O)OC(=O)CCCCCCC/C=C\C/C=C\CCCCC. The molecule has 0 saturated carbocycles. The van der Waals surface area contributed by atoms with Crippen LogP contribution in [0.4, 0.5) is 0 Å². The van der Waals surface area contributed by atoms with Gasteiger partial charge < -0.3 is 39.4 Å². The van der Waals surface area contributed by atoms with Crippen molar-refractivity contribution < 1.29 is 44.2 Å². The van der Waals surface area contributed by atoms with Crippen molar-refractivity contribution in [3.8, 4) is 0 Å². The smallest absolute Gasteiger partial charge is 0.306 e. The van der Waals surface area contributed by atoms with Gasteiger partial charge in [-0.05, 0) is 103 Å². The zero-order valence-electron chi connectivity index (χ0n) is 40.0. The van der Waals surface area contributed by atoms with E-state index in [9.17, 15) is 25.2 Å². The first-order valence-corrected chi connectivity index (χ1v) is 25.0. The minimum atomic E-state index is -1.55. The lowest BCUT2D eigenvalue weighted by molar-refractivity contribution is -0.305. The van der Waals surface area contributed by atoms with Crippen LogP contribution in [-0.4, -0.2) is 89.6 Å². The van der Waals surface area contributed by atoms with Crippen molar-refractivity contribution in [3.05, 3.63) is 109 Å². The fourth-order valence-corrected chi connectivity index (χ4v) is 6.79. The van der Waals surface area contributed by atoms with E-state index in [0.29, 0.717) is 6.61 Å². The fourth-order valence-electron chi connectivity index (χ4n) is 6.79. The maximum atomic E-state index is 12.8. The van der Waals surface area contributed by atoms with Crippen LogP contribution in [0.5, 0.6) is 0 Å². The Hall–Kier alpha value is -3.15. The van der Waals surface area contributed by atoms with Crippen LogP contribution >= 0.6 is 0 Å². The van der Waals surface area contributed by atoms with E-state index in [0.717, 1.165) is 122 Å². The molecule has 1 heterocycles. The molecule has 0 amide bonds. The van der Waals surface area contributed by atoms with Gasteiger partial charge in [0.2, 0.25) is 0 Å². The third kappa shape index (κ3) is 35.2. The van der Waals surface area contributed by atoms with Crippen molar-refractivity contribution in [2.45, 2.75) is 205 Å². The summed E-state index contributed by atoms with van der Waals surface area (Å²) in [6, 6.07) is 0. The summed E-state index contributed by atoms with van der Waals surface area (Å²) in [5, 5.41) is 40.2. The van der Waals surface area contributed by atoms with E-state index < -0.39 is 43.4 Å². The minimum Gasteiger partial charge on any atom is -0.457 e. The largest absolute Gasteiger partial charge is 0.457 e. The van der Waals surface area contributed by atoms with E-state index in [1.165, 1.54) is 25.7 Å². The van der Waals surface area contributed by atoms with Crippen LogP contribution in [0.25, 0.3) is 0 Å². The predicted molar refractivity (Wildman–Crippen MR) is 265 cm³/mol. The number of carbonyl (C=O) groups is 1. The average molecular weight is 895 g/mol. The quantitative estimate of drug-likeness (QED) is 0.0269. The molecule has 64 heavy (non-hydrogen) atoms. The molecule has 1 aliphatic rings. The summed E-state index contributed by atoms with van der Waals surface area (Å²) in [5.74, 6) is -0.342. The van der Waals surface area contributed by atoms with Crippen LogP contribution in [0.3, 0.4) is 0 Å². The van der Waals surface area contributed by atoms with Gasteiger partial charge >= 0.3 is 5.97 Å². The standard InChI is InChI=1S/C55H90O9/c1-3-5-7-9-11-13-15-17-19-20-21-22-23-24-25-26-27-28-29-31-33-35-37-39-41-43-45-61-47-49(48-62-55-54(60)53(59)52(58)50(46-56)64-55)63-51(57)44-42-40-38-36-34-32-30-18-16-14-12-10-8-6-4-2/h5,7,11-14,17-19,21-22,24-25,27-28,30-31,33,49-50,52-56,58-60H,3-4,6,8-10,15-16,20,23,26,29,32,34-48H2,1-2H3/b7-5-,13-11-,14-12-,19-17-,22-21-,25-24-,28-27-,30-18-,33-31-. The number of rotatable bonds is 41. The Labute approximate surface area is 389 Å². The molecular weight excluding hydrogens is 805 g/mol. The molecule has 0 aromatic heterocycles. The number of carbonyl (C=O) groups excluding carboxylic acids is 1. The predicted octanol–water partition coefficient (Wildman–Crippen LogP) is 12.1. The molecule has 0 aromatic rings. The molecule has 9 nitrogen and oxygen atoms in total. The van der Waals surface area contributed by atoms with Gasteiger partial charge in [-0.25, -0.2) is 0 Å². The highest BCUT2D eigenvalue weighted by Crippen LogP contribution is 2.22. The molecule has 0 aromatic carbocycles. The van der Waals surface area contributed by atoms with Gasteiger partial charge in [0.15, 0.2) is 6.29 Å². The van der Waals surface area contributed by atoms with Gasteiger partial charge in [-0.2, -0.15) is 0 Å². The van der Waals surface area contributed by atoms with Crippen molar-refractivity contribution in [2.24, 2.45) is 0 Å². The van der Waals surface area contributed by atoms with Gasteiger partial charge in [0.25, 0.3) is 0 Å². The molecule has 1 saturated heterocycles. The van der Waals surface area contributed by atoms with Gasteiger partial charge in [-0.15, -0.1) is 0 Å². The number of aliphatic hydroxyl groups is 4. The van der Waals surface area contributed by atoms with Crippen LogP contribution in [0.15, 0.2) is 109 Å². The molecule has 0 radical (unpaired) electrons. The first kappa shape index (κ1) is 58.9. The number of ether oxygens (including phenoxy) is 4. The summed E-state index contributed by atoms with van der Waals surface area (Å²) in [6.07, 6.45) is 56.9. The molecule has 1 fully saturated rings. The van der Waals surface area contributed by atoms with Gasteiger partial charge in [0.05, 0.1) is 19.8 Å². The molecule has 364 valence electrons. The second-order valence-electron chi connectivity index (χ2n) is 16.5. The summed E-state index contributed by atoms with van der Waals surface area (Å²) < 4.78 is 22.8. The van der Waals surface area contributed by atoms with Crippen molar-refractivity contribution in [2.75, 3.05) is 26.4 Å². The Morgan fingerprint density at radius 2 is 0.953 bits per heavy atom. The van der Waals surface area contributed by atoms with Crippen molar-refractivity contribution in [3.63, 3.8) is 0 Å². The lowest BCUT2D eigenvalue weighted by Crippen LogP contribution is -2.59. The highest BCUT2D eigenvalue weighted by Gasteiger charge is 2.44. The van der Waals surface area contributed by atoms with E-state index in [4.69, 9.17) is 18.9 Å². The summed E-state index contributed by atoms with van der Waals surface area (Å²) in [7, 11) is 0. The second-order valence-corrected chi connectivity index (χ2v) is 16.5. The van der Waals surface area contributed by atoms with E-state index in [1.54, 1.807) is 0 Å². The third-order valence-corrected chi connectivity index (χ3v) is 10.7. The summed E-state index contributed by atoms with van der Waals surface area (Å²) in [4.78, 5) is 12.8. The molecule has 4 N–H and O–H groups in total. The lowest BCUT2D eigenvalue weighted by Gasteiger charge is -2.39. The van der Waals surface area contributed by atoms with Crippen molar-refractivity contribution >= 4 is 5.97 Å². The first-order chi connectivity index (χ1) is 31.4. The zero-order valence-corrected chi connectivity index (χ0v) is 40.0. The highest BCUT2D eigenvalue weighted by molar-refractivity contribution is 5.69. The van der Waals surface area contributed by atoms with Crippen LogP contribution in [0.1, 0.15) is 168 Å².